The fourth-order valence-corrected chi connectivity index (χ4v) is 1.78. The van der Waals surface area contributed by atoms with Crippen molar-refractivity contribution in [3.05, 3.63) is 29.8 Å². The van der Waals surface area contributed by atoms with Gasteiger partial charge in [-0.2, -0.15) is 0 Å². The van der Waals surface area contributed by atoms with Crippen LogP contribution in [-0.2, 0) is 0 Å². The first-order valence-electron chi connectivity index (χ1n) is 5.45. The molecule has 2 N–H and O–H groups in total. The Kier molecular flexibility index (Phi) is 3.10. The third-order valence-electron chi connectivity index (χ3n) is 2.77. The summed E-state index contributed by atoms with van der Waals surface area (Å²) in [5, 5.41) is 0. The number of carbonyl (C=O) groups is 1. The van der Waals surface area contributed by atoms with Gasteiger partial charge in [0, 0.05) is 19.1 Å². The number of rotatable bonds is 1. The zero-order valence-electron chi connectivity index (χ0n) is 9.35. The summed E-state index contributed by atoms with van der Waals surface area (Å²) in [7, 11) is 0. The van der Waals surface area contributed by atoms with Crippen LogP contribution >= 0.6 is 0 Å². The third-order valence-corrected chi connectivity index (χ3v) is 2.77. The fourth-order valence-electron chi connectivity index (χ4n) is 1.78. The Balaban J connectivity index is 2.00. The number of likely N-dealkylation sites (tertiary alicyclic amines) is 1. The normalized spacial score (nSPS) is 19.9. The molecule has 0 aromatic heterocycles. The van der Waals surface area contributed by atoms with Gasteiger partial charge in [-0.1, -0.05) is 18.2 Å². The van der Waals surface area contributed by atoms with Crippen LogP contribution in [0.1, 0.15) is 12.0 Å². The minimum atomic E-state index is -0.303. The number of aryl methyl sites for hydroxylation is 1. The Bertz CT molecular complexity index is 392. The molecule has 4 nitrogen and oxygen atoms in total. The number of nitrogens with two attached hydrogens (primary N) is 1. The van der Waals surface area contributed by atoms with E-state index in [0.29, 0.717) is 18.8 Å². The summed E-state index contributed by atoms with van der Waals surface area (Å²) in [6.45, 7) is 3.19. The SMILES string of the molecule is Cc1ccccc1OC(=O)N1CCC(N)C1. The molecular weight excluding hydrogens is 204 g/mol. The van der Waals surface area contributed by atoms with Crippen molar-refractivity contribution in [2.45, 2.75) is 19.4 Å². The lowest BCUT2D eigenvalue weighted by molar-refractivity contribution is 0.162. The Morgan fingerprint density at radius 2 is 2.25 bits per heavy atom. The molecule has 0 radical (unpaired) electrons. The summed E-state index contributed by atoms with van der Waals surface area (Å²) in [5.74, 6) is 0.618. The van der Waals surface area contributed by atoms with E-state index >= 15 is 0 Å². The van der Waals surface area contributed by atoms with E-state index in [4.69, 9.17) is 10.5 Å². The second-order valence-electron chi connectivity index (χ2n) is 4.13. The van der Waals surface area contributed by atoms with Crippen molar-refractivity contribution in [3.8, 4) is 5.75 Å². The first-order valence-corrected chi connectivity index (χ1v) is 5.45. The number of hydrogen-bond donors (Lipinski definition) is 1. The number of nitrogens with zero attached hydrogens (tertiary/aromatic N) is 1. The maximum absolute atomic E-state index is 11.8. The highest BCUT2D eigenvalue weighted by Gasteiger charge is 2.25. The molecule has 1 atom stereocenters. The minimum Gasteiger partial charge on any atom is -0.410 e. The van der Waals surface area contributed by atoms with E-state index in [2.05, 4.69) is 0 Å². The van der Waals surface area contributed by atoms with Crippen molar-refractivity contribution in [1.29, 1.82) is 0 Å². The van der Waals surface area contributed by atoms with Crippen LogP contribution < -0.4 is 10.5 Å². The maximum Gasteiger partial charge on any atom is 0.415 e. The number of benzene rings is 1. The fraction of sp³-hybridized carbons (Fsp3) is 0.417. The van der Waals surface area contributed by atoms with Gasteiger partial charge in [0.2, 0.25) is 0 Å². The predicted octanol–water partition coefficient (Wildman–Crippen LogP) is 1.53. The molecule has 1 heterocycles. The van der Waals surface area contributed by atoms with Crippen molar-refractivity contribution in [3.63, 3.8) is 0 Å². The summed E-state index contributed by atoms with van der Waals surface area (Å²) in [6.07, 6.45) is 0.547. The van der Waals surface area contributed by atoms with Gasteiger partial charge in [-0.05, 0) is 25.0 Å². The molecule has 1 fully saturated rings. The molecule has 1 aromatic carbocycles. The summed E-state index contributed by atoms with van der Waals surface area (Å²) in [6, 6.07) is 7.56. The number of hydrogen-bond acceptors (Lipinski definition) is 3. The maximum atomic E-state index is 11.8. The zero-order chi connectivity index (χ0) is 11.5. The summed E-state index contributed by atoms with van der Waals surface area (Å²) in [5.41, 5.74) is 6.69. The van der Waals surface area contributed by atoms with Gasteiger partial charge in [0.25, 0.3) is 0 Å². The van der Waals surface area contributed by atoms with Gasteiger partial charge in [0.1, 0.15) is 5.75 Å². The van der Waals surface area contributed by atoms with E-state index < -0.39 is 0 Å². The Labute approximate surface area is 95.0 Å². The lowest BCUT2D eigenvalue weighted by Gasteiger charge is -2.16. The van der Waals surface area contributed by atoms with Crippen LogP contribution in [0.3, 0.4) is 0 Å². The summed E-state index contributed by atoms with van der Waals surface area (Å²) < 4.78 is 5.31. The van der Waals surface area contributed by atoms with E-state index in [0.717, 1.165) is 12.0 Å². The molecule has 16 heavy (non-hydrogen) atoms. The van der Waals surface area contributed by atoms with Crippen LogP contribution in [0.5, 0.6) is 5.75 Å². The average Bonchev–Trinajstić information content (AvgIpc) is 2.68. The molecule has 4 heteroatoms. The number of carbonyl (C=O) groups excluding carboxylic acids is 1. The smallest absolute Gasteiger partial charge is 0.410 e. The first-order chi connectivity index (χ1) is 7.66. The van der Waals surface area contributed by atoms with Crippen molar-refractivity contribution in [2.24, 2.45) is 5.73 Å². The quantitative estimate of drug-likeness (QED) is 0.780. The van der Waals surface area contributed by atoms with Gasteiger partial charge < -0.3 is 15.4 Å². The van der Waals surface area contributed by atoms with Crippen LogP contribution in [0.15, 0.2) is 24.3 Å². The molecule has 1 amide bonds. The van der Waals surface area contributed by atoms with Gasteiger partial charge in [-0.3, -0.25) is 0 Å². The van der Waals surface area contributed by atoms with Crippen LogP contribution in [0, 0.1) is 6.92 Å². The van der Waals surface area contributed by atoms with Crippen LogP contribution in [-0.4, -0.2) is 30.1 Å². The highest BCUT2D eigenvalue weighted by molar-refractivity contribution is 5.71. The molecule has 1 aliphatic rings. The Morgan fingerprint density at radius 1 is 1.50 bits per heavy atom. The lowest BCUT2D eigenvalue weighted by atomic mass is 10.2. The monoisotopic (exact) mass is 220 g/mol. The molecule has 0 bridgehead atoms. The van der Waals surface area contributed by atoms with Gasteiger partial charge in [-0.15, -0.1) is 0 Å². The molecule has 1 saturated heterocycles. The summed E-state index contributed by atoms with van der Waals surface area (Å²) in [4.78, 5) is 13.4. The van der Waals surface area contributed by atoms with E-state index in [9.17, 15) is 4.79 Å². The van der Waals surface area contributed by atoms with Gasteiger partial charge in [0.05, 0.1) is 0 Å². The molecule has 0 aliphatic carbocycles. The molecule has 1 aliphatic heterocycles. The molecule has 0 saturated carbocycles. The molecule has 86 valence electrons. The van der Waals surface area contributed by atoms with Gasteiger partial charge in [0.15, 0.2) is 0 Å². The van der Waals surface area contributed by atoms with Crippen molar-refractivity contribution in [2.75, 3.05) is 13.1 Å². The number of para-hydroxylation sites is 1. The van der Waals surface area contributed by atoms with Crippen LogP contribution in [0.4, 0.5) is 4.79 Å². The van der Waals surface area contributed by atoms with Crippen molar-refractivity contribution in [1.82, 2.24) is 4.90 Å². The van der Waals surface area contributed by atoms with E-state index in [-0.39, 0.29) is 12.1 Å². The van der Waals surface area contributed by atoms with Crippen molar-refractivity contribution < 1.29 is 9.53 Å². The zero-order valence-corrected chi connectivity index (χ0v) is 9.35. The molecule has 1 aromatic rings. The standard InChI is InChI=1S/C12H16N2O2/c1-9-4-2-3-5-11(9)16-12(15)14-7-6-10(13)8-14/h2-5,10H,6-8,13H2,1H3. The largest absolute Gasteiger partial charge is 0.415 e. The van der Waals surface area contributed by atoms with E-state index in [1.54, 1.807) is 11.0 Å². The van der Waals surface area contributed by atoms with Crippen LogP contribution in [0.2, 0.25) is 0 Å². The second-order valence-corrected chi connectivity index (χ2v) is 4.13. The Morgan fingerprint density at radius 3 is 2.88 bits per heavy atom. The van der Waals surface area contributed by atoms with E-state index in [1.807, 2.05) is 25.1 Å². The molecule has 0 spiro atoms. The minimum absolute atomic E-state index is 0.0874. The van der Waals surface area contributed by atoms with Gasteiger partial charge >= 0.3 is 6.09 Å². The molecule has 2 rings (SSSR count). The molecular formula is C12H16N2O2. The first kappa shape index (κ1) is 11.0. The average molecular weight is 220 g/mol. The van der Waals surface area contributed by atoms with Crippen molar-refractivity contribution >= 4 is 6.09 Å². The van der Waals surface area contributed by atoms with Gasteiger partial charge in [-0.25, -0.2) is 4.79 Å². The van der Waals surface area contributed by atoms with E-state index in [1.165, 1.54) is 0 Å². The Hall–Kier alpha value is -1.55. The highest BCUT2D eigenvalue weighted by atomic mass is 16.6. The lowest BCUT2D eigenvalue weighted by Crippen LogP contribution is -2.34. The van der Waals surface area contributed by atoms with Crippen LogP contribution in [0.25, 0.3) is 0 Å². The third kappa shape index (κ3) is 2.33. The topological polar surface area (TPSA) is 55.6 Å². The molecule has 1 unspecified atom stereocenters. The second kappa shape index (κ2) is 4.53. The summed E-state index contributed by atoms with van der Waals surface area (Å²) >= 11 is 0. The number of ether oxygens (including phenoxy) is 1. The predicted molar refractivity (Wildman–Crippen MR) is 61.4 cm³/mol. The number of amides is 1. The highest BCUT2D eigenvalue weighted by Crippen LogP contribution is 2.18.